The minimum Gasteiger partial charge on any atom is -0.343 e. The van der Waals surface area contributed by atoms with Crippen molar-refractivity contribution in [1.82, 2.24) is 4.57 Å². The Morgan fingerprint density at radius 1 is 1.31 bits per heavy atom. The molecule has 1 aromatic heterocycles. The monoisotopic (exact) mass is 213 g/mol. The second kappa shape index (κ2) is 4.35. The van der Waals surface area contributed by atoms with Crippen molar-refractivity contribution >= 4 is 17.2 Å². The summed E-state index contributed by atoms with van der Waals surface area (Å²) < 4.78 is 2.10. The summed E-state index contributed by atoms with van der Waals surface area (Å²) in [5.41, 5.74) is 3.16. The van der Waals surface area contributed by atoms with Crippen LogP contribution in [0.25, 0.3) is 10.9 Å². The highest BCUT2D eigenvalue weighted by molar-refractivity contribution is 5.97. The second-order valence-corrected chi connectivity index (χ2v) is 4.15. The molecule has 0 fully saturated rings. The first-order valence-corrected chi connectivity index (χ1v) is 5.39. The average molecular weight is 213 g/mol. The smallest absolute Gasteiger partial charge is 0.152 e. The molecule has 0 saturated heterocycles. The number of benzene rings is 1. The fraction of sp³-hybridized carbons (Fsp3) is 0.214. The van der Waals surface area contributed by atoms with Crippen LogP contribution in [0.4, 0.5) is 0 Å². The van der Waals surface area contributed by atoms with Crippen LogP contribution in [-0.4, -0.2) is 10.9 Å². The molecule has 0 bridgehead atoms. The van der Waals surface area contributed by atoms with Crippen LogP contribution in [0.3, 0.4) is 0 Å². The third-order valence-corrected chi connectivity index (χ3v) is 2.64. The van der Waals surface area contributed by atoms with Gasteiger partial charge in [-0.3, -0.25) is 4.79 Å². The van der Waals surface area contributed by atoms with E-state index in [9.17, 15) is 4.79 Å². The molecule has 0 atom stereocenters. The van der Waals surface area contributed by atoms with Gasteiger partial charge in [0.15, 0.2) is 6.29 Å². The zero-order valence-electron chi connectivity index (χ0n) is 9.60. The normalized spacial score (nSPS) is 10.4. The predicted molar refractivity (Wildman–Crippen MR) is 66.8 cm³/mol. The first kappa shape index (κ1) is 10.7. The van der Waals surface area contributed by atoms with Crippen LogP contribution < -0.4 is 0 Å². The van der Waals surface area contributed by atoms with Crippen molar-refractivity contribution < 1.29 is 4.79 Å². The number of hydrogen-bond donors (Lipinski definition) is 0. The first-order chi connectivity index (χ1) is 7.72. The van der Waals surface area contributed by atoms with Gasteiger partial charge in [-0.15, -0.1) is 0 Å². The van der Waals surface area contributed by atoms with Gasteiger partial charge < -0.3 is 4.57 Å². The van der Waals surface area contributed by atoms with E-state index in [1.807, 2.05) is 30.5 Å². The van der Waals surface area contributed by atoms with Gasteiger partial charge in [-0.25, -0.2) is 0 Å². The van der Waals surface area contributed by atoms with E-state index >= 15 is 0 Å². The van der Waals surface area contributed by atoms with E-state index in [2.05, 4.69) is 24.5 Å². The van der Waals surface area contributed by atoms with E-state index in [0.717, 1.165) is 29.3 Å². The molecule has 2 aromatic rings. The highest BCUT2D eigenvalue weighted by Gasteiger charge is 2.05. The Morgan fingerprint density at radius 3 is 2.75 bits per heavy atom. The fourth-order valence-corrected chi connectivity index (χ4v) is 1.80. The maximum atomic E-state index is 10.9. The number of nitrogens with zero attached hydrogens (tertiary/aromatic N) is 1. The Labute approximate surface area is 95.2 Å². The van der Waals surface area contributed by atoms with Gasteiger partial charge in [0.05, 0.1) is 0 Å². The van der Waals surface area contributed by atoms with Crippen LogP contribution in [0.2, 0.25) is 0 Å². The summed E-state index contributed by atoms with van der Waals surface area (Å²) in [7, 11) is 0. The van der Waals surface area contributed by atoms with E-state index in [-0.39, 0.29) is 0 Å². The summed E-state index contributed by atoms with van der Waals surface area (Å²) in [4.78, 5) is 10.9. The first-order valence-electron chi connectivity index (χ1n) is 5.39. The van der Waals surface area contributed by atoms with Gasteiger partial charge in [-0.2, -0.15) is 0 Å². The number of allylic oxidation sites excluding steroid dienone is 2. The number of aromatic nitrogens is 1. The summed E-state index contributed by atoms with van der Waals surface area (Å²) in [6.07, 6.45) is 4.99. The second-order valence-electron chi connectivity index (χ2n) is 4.15. The van der Waals surface area contributed by atoms with Gasteiger partial charge in [0.2, 0.25) is 0 Å². The molecule has 82 valence electrons. The lowest BCUT2D eigenvalue weighted by molar-refractivity contribution is 0.112. The minimum absolute atomic E-state index is 0.762. The molecule has 0 aliphatic heterocycles. The quantitative estimate of drug-likeness (QED) is 0.565. The Balaban J connectivity index is 2.53. The van der Waals surface area contributed by atoms with Crippen LogP contribution in [0.1, 0.15) is 24.2 Å². The molecule has 0 aliphatic rings. The van der Waals surface area contributed by atoms with Crippen molar-refractivity contribution in [1.29, 1.82) is 0 Å². The molecule has 0 aliphatic carbocycles. The van der Waals surface area contributed by atoms with Crippen molar-refractivity contribution in [2.24, 2.45) is 0 Å². The SMILES string of the molecule is CC(C)=CCn1cc(C=O)c2ccccc21. The van der Waals surface area contributed by atoms with E-state index in [1.54, 1.807) is 0 Å². The Bertz CT molecular complexity index is 545. The number of rotatable bonds is 3. The highest BCUT2D eigenvalue weighted by Crippen LogP contribution is 2.19. The molecular formula is C14H15NO. The van der Waals surface area contributed by atoms with Gasteiger partial charge in [0.25, 0.3) is 0 Å². The standard InChI is InChI=1S/C14H15NO/c1-11(2)7-8-15-9-12(10-16)13-5-3-4-6-14(13)15/h3-7,9-10H,8H2,1-2H3. The maximum absolute atomic E-state index is 10.9. The van der Waals surface area contributed by atoms with E-state index in [1.165, 1.54) is 5.57 Å². The number of aldehydes is 1. The van der Waals surface area contributed by atoms with Crippen LogP contribution in [0.5, 0.6) is 0 Å². The molecule has 0 amide bonds. The summed E-state index contributed by atoms with van der Waals surface area (Å²) in [6.45, 7) is 4.97. The molecule has 2 rings (SSSR count). The molecule has 0 spiro atoms. The third-order valence-electron chi connectivity index (χ3n) is 2.64. The lowest BCUT2D eigenvalue weighted by Crippen LogP contribution is -1.92. The van der Waals surface area contributed by atoms with Crippen molar-refractivity contribution in [3.8, 4) is 0 Å². The zero-order chi connectivity index (χ0) is 11.5. The van der Waals surface area contributed by atoms with Crippen LogP contribution in [0.15, 0.2) is 42.1 Å². The molecule has 16 heavy (non-hydrogen) atoms. The van der Waals surface area contributed by atoms with Crippen molar-refractivity contribution in [2.75, 3.05) is 0 Å². The summed E-state index contributed by atoms with van der Waals surface area (Å²) in [5, 5.41) is 1.03. The van der Waals surface area contributed by atoms with Gasteiger partial charge in [0, 0.05) is 29.2 Å². The molecule has 0 N–H and O–H groups in total. The molecule has 0 radical (unpaired) electrons. The summed E-state index contributed by atoms with van der Waals surface area (Å²) in [6, 6.07) is 7.98. The van der Waals surface area contributed by atoms with Gasteiger partial charge in [-0.1, -0.05) is 29.8 Å². The van der Waals surface area contributed by atoms with Crippen LogP contribution >= 0.6 is 0 Å². The van der Waals surface area contributed by atoms with Crippen LogP contribution in [-0.2, 0) is 6.54 Å². The number of carbonyl (C=O) groups is 1. The van der Waals surface area contributed by atoms with E-state index < -0.39 is 0 Å². The van der Waals surface area contributed by atoms with Crippen molar-refractivity contribution in [3.63, 3.8) is 0 Å². The molecule has 0 saturated carbocycles. The molecule has 2 heteroatoms. The maximum Gasteiger partial charge on any atom is 0.152 e. The van der Waals surface area contributed by atoms with Gasteiger partial charge in [0.1, 0.15) is 0 Å². The molecular weight excluding hydrogens is 198 g/mol. The lowest BCUT2D eigenvalue weighted by atomic mass is 10.2. The van der Waals surface area contributed by atoms with Crippen LogP contribution in [0, 0.1) is 0 Å². The summed E-state index contributed by atoms with van der Waals surface area (Å²) >= 11 is 0. The third kappa shape index (κ3) is 1.91. The van der Waals surface area contributed by atoms with Crippen molar-refractivity contribution in [2.45, 2.75) is 20.4 Å². The largest absolute Gasteiger partial charge is 0.343 e. The average Bonchev–Trinajstić information content (AvgIpc) is 2.65. The molecule has 0 unspecified atom stereocenters. The number of para-hydroxylation sites is 1. The lowest BCUT2D eigenvalue weighted by Gasteiger charge is -2.01. The number of hydrogen-bond acceptors (Lipinski definition) is 1. The fourth-order valence-electron chi connectivity index (χ4n) is 1.80. The minimum atomic E-state index is 0.762. The van der Waals surface area contributed by atoms with Crippen molar-refractivity contribution in [3.05, 3.63) is 47.7 Å². The van der Waals surface area contributed by atoms with Gasteiger partial charge in [-0.05, 0) is 19.9 Å². The predicted octanol–water partition coefficient (Wildman–Crippen LogP) is 3.42. The van der Waals surface area contributed by atoms with E-state index in [4.69, 9.17) is 0 Å². The number of carbonyl (C=O) groups excluding carboxylic acids is 1. The zero-order valence-corrected chi connectivity index (χ0v) is 9.60. The Morgan fingerprint density at radius 2 is 2.06 bits per heavy atom. The molecule has 1 aromatic carbocycles. The Hall–Kier alpha value is -1.83. The van der Waals surface area contributed by atoms with Gasteiger partial charge >= 0.3 is 0 Å². The molecule has 1 heterocycles. The van der Waals surface area contributed by atoms with E-state index in [0.29, 0.717) is 0 Å². The topological polar surface area (TPSA) is 22.0 Å². The Kier molecular flexibility index (Phi) is 2.91. The highest BCUT2D eigenvalue weighted by atomic mass is 16.1. The summed E-state index contributed by atoms with van der Waals surface area (Å²) in [5.74, 6) is 0. The molecule has 2 nitrogen and oxygen atoms in total. The number of fused-ring (bicyclic) bond motifs is 1.